The summed E-state index contributed by atoms with van der Waals surface area (Å²) in [6.07, 6.45) is -12.0. The molecule has 168 valence electrons. The van der Waals surface area contributed by atoms with Gasteiger partial charge in [0.05, 0.1) is 19.3 Å². The van der Waals surface area contributed by atoms with Gasteiger partial charge < -0.3 is 55.5 Å². The molecule has 10 atom stereocenters. The van der Waals surface area contributed by atoms with E-state index in [0.717, 1.165) is 0 Å². The van der Waals surface area contributed by atoms with Crippen LogP contribution in [0.4, 0.5) is 0 Å². The normalized spacial score (nSPS) is 42.9. The van der Waals surface area contributed by atoms with Gasteiger partial charge in [0.2, 0.25) is 11.8 Å². The molecule has 29 heavy (non-hydrogen) atoms. The summed E-state index contributed by atoms with van der Waals surface area (Å²) in [5, 5.41) is 64.1. The number of hydrogen-bond acceptors (Lipinski definition) is 11. The number of aliphatic hydroxyl groups is 6. The van der Waals surface area contributed by atoms with Crippen molar-refractivity contribution in [2.45, 2.75) is 75.1 Å². The highest BCUT2D eigenvalue weighted by Crippen LogP contribution is 2.28. The van der Waals surface area contributed by atoms with E-state index in [1.165, 1.54) is 13.8 Å². The van der Waals surface area contributed by atoms with E-state index in [1.807, 2.05) is 0 Å². The molecule has 0 radical (unpaired) electrons. The molecule has 2 heterocycles. The van der Waals surface area contributed by atoms with Gasteiger partial charge >= 0.3 is 0 Å². The van der Waals surface area contributed by atoms with E-state index in [-0.39, 0.29) is 0 Å². The van der Waals surface area contributed by atoms with Gasteiger partial charge in [-0.1, -0.05) is 0 Å². The Bertz CT molecular complexity index is 577. The largest absolute Gasteiger partial charge is 0.394 e. The summed E-state index contributed by atoms with van der Waals surface area (Å²) in [6.45, 7) is 1.05. The maximum atomic E-state index is 11.6. The second-order valence-corrected chi connectivity index (χ2v) is 7.00. The van der Waals surface area contributed by atoms with Crippen LogP contribution < -0.4 is 10.6 Å². The van der Waals surface area contributed by atoms with Crippen LogP contribution >= 0.6 is 0 Å². The van der Waals surface area contributed by atoms with E-state index in [4.69, 9.17) is 14.2 Å². The highest BCUT2D eigenvalue weighted by atomic mass is 16.7. The van der Waals surface area contributed by atoms with E-state index in [0.29, 0.717) is 0 Å². The monoisotopic (exact) mass is 424 g/mol. The van der Waals surface area contributed by atoms with Crippen LogP contribution in [-0.4, -0.2) is 117 Å². The smallest absolute Gasteiger partial charge is 0.217 e. The fraction of sp³-hybridized carbons (Fsp3) is 0.875. The average molecular weight is 424 g/mol. The number of carbonyl (C=O) groups is 2. The van der Waals surface area contributed by atoms with Gasteiger partial charge in [0.15, 0.2) is 12.6 Å². The summed E-state index contributed by atoms with van der Waals surface area (Å²) < 4.78 is 16.2. The van der Waals surface area contributed by atoms with E-state index < -0.39 is 86.3 Å². The molecule has 2 aliphatic heterocycles. The van der Waals surface area contributed by atoms with Crippen molar-refractivity contribution >= 4 is 11.8 Å². The Labute approximate surface area is 166 Å². The predicted molar refractivity (Wildman–Crippen MR) is 91.8 cm³/mol. The molecule has 0 unspecified atom stereocenters. The van der Waals surface area contributed by atoms with Crippen molar-refractivity contribution in [1.29, 1.82) is 0 Å². The molecule has 0 aromatic carbocycles. The van der Waals surface area contributed by atoms with E-state index in [1.54, 1.807) is 0 Å². The molecule has 13 heteroatoms. The van der Waals surface area contributed by atoms with E-state index >= 15 is 0 Å². The lowest BCUT2D eigenvalue weighted by Crippen LogP contribution is -2.70. The van der Waals surface area contributed by atoms with Gasteiger partial charge in [0.1, 0.15) is 42.7 Å². The lowest BCUT2D eigenvalue weighted by atomic mass is 9.93. The second-order valence-electron chi connectivity index (χ2n) is 7.00. The first kappa shape index (κ1) is 23.9. The zero-order valence-corrected chi connectivity index (χ0v) is 15.9. The summed E-state index contributed by atoms with van der Waals surface area (Å²) in [6, 6.07) is -2.34. The van der Waals surface area contributed by atoms with Crippen LogP contribution in [0.2, 0.25) is 0 Å². The topological polar surface area (TPSA) is 207 Å². The van der Waals surface area contributed by atoms with Crippen LogP contribution in [-0.2, 0) is 23.8 Å². The third kappa shape index (κ3) is 5.39. The summed E-state index contributed by atoms with van der Waals surface area (Å²) in [5.41, 5.74) is 0. The minimum atomic E-state index is -1.75. The van der Waals surface area contributed by atoms with Crippen LogP contribution in [0.1, 0.15) is 13.8 Å². The molecule has 0 aliphatic carbocycles. The van der Waals surface area contributed by atoms with Gasteiger partial charge in [0, 0.05) is 13.8 Å². The zero-order valence-electron chi connectivity index (χ0n) is 15.9. The minimum absolute atomic E-state index is 0.530. The molecule has 13 nitrogen and oxygen atoms in total. The summed E-state index contributed by atoms with van der Waals surface area (Å²) in [5.74, 6) is -1.10. The lowest BCUT2D eigenvalue weighted by molar-refractivity contribution is -0.331. The van der Waals surface area contributed by atoms with Crippen LogP contribution in [0.15, 0.2) is 0 Å². The molecular formula is C16H28N2O11. The van der Waals surface area contributed by atoms with Crippen LogP contribution in [0.5, 0.6) is 0 Å². The third-order valence-electron chi connectivity index (χ3n) is 4.79. The van der Waals surface area contributed by atoms with Crippen molar-refractivity contribution in [2.75, 3.05) is 13.2 Å². The SMILES string of the molecule is CC(=O)N[C@@H]1[C@@H](O[C@H]2O[C@H](CO)[C@H](O)[C@H](O)[C@H]2O)[C@H](NC(C)=O)[C@@H](CO)O[C@H]1O. The van der Waals surface area contributed by atoms with Crippen molar-refractivity contribution in [3.63, 3.8) is 0 Å². The lowest BCUT2D eigenvalue weighted by Gasteiger charge is -2.48. The van der Waals surface area contributed by atoms with Crippen molar-refractivity contribution in [2.24, 2.45) is 0 Å². The number of hydrogen-bond donors (Lipinski definition) is 8. The third-order valence-corrected chi connectivity index (χ3v) is 4.79. The Kier molecular flexibility index (Phi) is 8.28. The number of nitrogens with one attached hydrogen (secondary N) is 2. The van der Waals surface area contributed by atoms with Crippen LogP contribution in [0, 0.1) is 0 Å². The molecule has 0 spiro atoms. The van der Waals surface area contributed by atoms with Crippen molar-refractivity contribution < 1.29 is 54.4 Å². The molecule has 0 saturated carbocycles. The van der Waals surface area contributed by atoms with Crippen molar-refractivity contribution in [3.8, 4) is 0 Å². The summed E-state index contributed by atoms with van der Waals surface area (Å²) in [7, 11) is 0. The first-order valence-corrected chi connectivity index (χ1v) is 9.05. The molecule has 0 aromatic heterocycles. The maximum absolute atomic E-state index is 11.6. The number of aliphatic hydroxyl groups excluding tert-OH is 6. The molecule has 2 amide bonds. The standard InChI is InChI=1S/C16H28N2O11/c1-5(21)17-9-7(3-19)27-15(26)10(18-6(2)22)14(9)29-16-13(25)12(24)11(23)8(4-20)28-16/h7-16,19-20,23-26H,3-4H2,1-2H3,(H,17,21)(H,18,22)/t7-,8-,9-,10-,11+,12+,13-,14+,15-,16-/m1/s1. The molecule has 2 fully saturated rings. The molecule has 2 saturated heterocycles. The molecule has 0 aromatic rings. The minimum Gasteiger partial charge on any atom is -0.394 e. The summed E-state index contributed by atoms with van der Waals surface area (Å²) in [4.78, 5) is 23.2. The highest BCUT2D eigenvalue weighted by molar-refractivity contribution is 5.74. The van der Waals surface area contributed by atoms with Gasteiger partial charge in [-0.3, -0.25) is 9.59 Å². The summed E-state index contributed by atoms with van der Waals surface area (Å²) >= 11 is 0. The predicted octanol–water partition coefficient (Wildman–Crippen LogP) is -5.11. The molecule has 2 rings (SSSR count). The zero-order chi connectivity index (χ0) is 21.9. The van der Waals surface area contributed by atoms with Crippen LogP contribution in [0.3, 0.4) is 0 Å². The first-order chi connectivity index (χ1) is 13.6. The first-order valence-electron chi connectivity index (χ1n) is 9.05. The van der Waals surface area contributed by atoms with Crippen LogP contribution in [0.25, 0.3) is 0 Å². The van der Waals surface area contributed by atoms with E-state index in [2.05, 4.69) is 10.6 Å². The fourth-order valence-electron chi connectivity index (χ4n) is 3.40. The maximum Gasteiger partial charge on any atom is 0.217 e. The fourth-order valence-corrected chi connectivity index (χ4v) is 3.40. The Morgan fingerprint density at radius 2 is 1.38 bits per heavy atom. The Morgan fingerprint density at radius 3 is 1.90 bits per heavy atom. The number of rotatable bonds is 6. The van der Waals surface area contributed by atoms with Gasteiger partial charge in [0.25, 0.3) is 0 Å². The van der Waals surface area contributed by atoms with Gasteiger partial charge in [-0.15, -0.1) is 0 Å². The molecule has 8 N–H and O–H groups in total. The molecule has 2 aliphatic rings. The Balaban J connectivity index is 2.34. The second kappa shape index (κ2) is 10.1. The quantitative estimate of drug-likeness (QED) is 0.202. The van der Waals surface area contributed by atoms with Crippen molar-refractivity contribution in [1.82, 2.24) is 10.6 Å². The molecular weight excluding hydrogens is 396 g/mol. The van der Waals surface area contributed by atoms with Crippen molar-refractivity contribution in [3.05, 3.63) is 0 Å². The van der Waals surface area contributed by atoms with Gasteiger partial charge in [-0.05, 0) is 0 Å². The van der Waals surface area contributed by atoms with Gasteiger partial charge in [-0.2, -0.15) is 0 Å². The Hall–Kier alpha value is -1.42. The van der Waals surface area contributed by atoms with E-state index in [9.17, 15) is 40.2 Å². The number of ether oxygens (including phenoxy) is 3. The average Bonchev–Trinajstić information content (AvgIpc) is 2.65. The van der Waals surface area contributed by atoms with Gasteiger partial charge in [-0.25, -0.2) is 0 Å². The number of carbonyl (C=O) groups excluding carboxylic acids is 2. The Morgan fingerprint density at radius 1 is 0.828 bits per heavy atom. The number of amides is 2. The highest BCUT2D eigenvalue weighted by Gasteiger charge is 2.51. The molecule has 0 bridgehead atoms.